The molecule has 3 heterocycles. The molecule has 4 aromatic rings. The van der Waals surface area contributed by atoms with Gasteiger partial charge >= 0.3 is 0 Å². The maximum Gasteiger partial charge on any atom is 0.248 e. The quantitative estimate of drug-likeness (QED) is 0.523. The molecule has 4 rings (SSSR count). The van der Waals surface area contributed by atoms with Gasteiger partial charge in [-0.05, 0) is 37.3 Å². The summed E-state index contributed by atoms with van der Waals surface area (Å²) in [5.41, 5.74) is 1.31. The second-order valence-corrected chi connectivity index (χ2v) is 5.60. The minimum atomic E-state index is -0.449. The van der Waals surface area contributed by atoms with Gasteiger partial charge in [0, 0.05) is 6.20 Å². The van der Waals surface area contributed by atoms with Gasteiger partial charge in [-0.1, -0.05) is 18.2 Å². The number of pyridine rings is 1. The highest BCUT2D eigenvalue weighted by Crippen LogP contribution is 2.29. The lowest BCUT2D eigenvalue weighted by atomic mass is 10.2. The van der Waals surface area contributed by atoms with Gasteiger partial charge in [0.25, 0.3) is 0 Å². The molecule has 3 aromatic heterocycles. The summed E-state index contributed by atoms with van der Waals surface area (Å²) in [5, 5.41) is 4.37. The molecule has 6 nitrogen and oxygen atoms in total. The standard InChI is InChI=1S/C19H13FN4O2/c1-12(25)15-9-10-24-17(15)19(26-14-5-3-2-4-6-14)22-18(23-24)16-8-7-13(20)11-21-16/h2-11H,1H3. The third kappa shape index (κ3) is 2.90. The number of para-hydroxylation sites is 1. The van der Waals surface area contributed by atoms with Gasteiger partial charge in [-0.2, -0.15) is 4.98 Å². The molecule has 0 amide bonds. The highest BCUT2D eigenvalue weighted by Gasteiger charge is 2.18. The lowest BCUT2D eigenvalue weighted by Gasteiger charge is -2.09. The van der Waals surface area contributed by atoms with Crippen LogP contribution in [0.3, 0.4) is 0 Å². The molecule has 7 heteroatoms. The average molecular weight is 348 g/mol. The first-order chi connectivity index (χ1) is 12.6. The van der Waals surface area contributed by atoms with Crippen molar-refractivity contribution in [2.45, 2.75) is 6.92 Å². The van der Waals surface area contributed by atoms with Crippen molar-refractivity contribution in [1.82, 2.24) is 19.6 Å². The second-order valence-electron chi connectivity index (χ2n) is 5.60. The molecule has 128 valence electrons. The number of ether oxygens (including phenoxy) is 1. The molecule has 0 bridgehead atoms. The van der Waals surface area contributed by atoms with Gasteiger partial charge in [-0.25, -0.2) is 13.9 Å². The number of rotatable bonds is 4. The van der Waals surface area contributed by atoms with Gasteiger partial charge < -0.3 is 4.74 Å². The summed E-state index contributed by atoms with van der Waals surface area (Å²) in [6, 6.07) is 13.5. The van der Waals surface area contributed by atoms with E-state index in [-0.39, 0.29) is 17.5 Å². The summed E-state index contributed by atoms with van der Waals surface area (Å²) in [6.45, 7) is 1.47. The Balaban J connectivity index is 1.91. The number of carbonyl (C=O) groups excluding carboxylic acids is 1. The minimum Gasteiger partial charge on any atom is -0.437 e. The van der Waals surface area contributed by atoms with Crippen molar-refractivity contribution >= 4 is 11.3 Å². The summed E-state index contributed by atoms with van der Waals surface area (Å²) >= 11 is 0. The van der Waals surface area contributed by atoms with E-state index in [1.807, 2.05) is 18.2 Å². The van der Waals surface area contributed by atoms with E-state index in [1.165, 1.54) is 23.6 Å². The number of nitrogens with zero attached hydrogens (tertiary/aromatic N) is 4. The van der Waals surface area contributed by atoms with Crippen molar-refractivity contribution in [2.75, 3.05) is 0 Å². The molecule has 1 aromatic carbocycles. The number of aromatic nitrogens is 4. The van der Waals surface area contributed by atoms with Gasteiger partial charge in [-0.15, -0.1) is 5.10 Å². The molecule has 26 heavy (non-hydrogen) atoms. The predicted molar refractivity (Wildman–Crippen MR) is 92.7 cm³/mol. The zero-order chi connectivity index (χ0) is 18.1. The third-order valence-corrected chi connectivity index (χ3v) is 3.77. The zero-order valence-corrected chi connectivity index (χ0v) is 13.8. The van der Waals surface area contributed by atoms with E-state index in [4.69, 9.17) is 4.74 Å². The lowest BCUT2D eigenvalue weighted by Crippen LogP contribution is -2.04. The van der Waals surface area contributed by atoms with Crippen LogP contribution >= 0.6 is 0 Å². The Morgan fingerprint density at radius 1 is 1.12 bits per heavy atom. The number of benzene rings is 1. The topological polar surface area (TPSA) is 69.4 Å². The summed E-state index contributed by atoms with van der Waals surface area (Å²) in [5.74, 6) is 0.482. The Hall–Kier alpha value is -3.61. The maximum atomic E-state index is 13.1. The summed E-state index contributed by atoms with van der Waals surface area (Å²) in [7, 11) is 0. The van der Waals surface area contributed by atoms with Crippen LogP contribution in [0.15, 0.2) is 60.9 Å². The summed E-state index contributed by atoms with van der Waals surface area (Å²) in [4.78, 5) is 20.4. The Morgan fingerprint density at radius 2 is 1.92 bits per heavy atom. The van der Waals surface area contributed by atoms with Gasteiger partial charge in [0.15, 0.2) is 5.78 Å². The van der Waals surface area contributed by atoms with E-state index >= 15 is 0 Å². The fourth-order valence-electron chi connectivity index (χ4n) is 2.56. The predicted octanol–water partition coefficient (Wildman–Crippen LogP) is 3.93. The number of hydrogen-bond acceptors (Lipinski definition) is 5. The number of hydrogen-bond donors (Lipinski definition) is 0. The van der Waals surface area contributed by atoms with Crippen molar-refractivity contribution in [3.05, 3.63) is 72.3 Å². The van der Waals surface area contributed by atoms with Crippen LogP contribution in [-0.2, 0) is 0 Å². The van der Waals surface area contributed by atoms with Gasteiger partial charge in [-0.3, -0.25) is 4.79 Å². The Morgan fingerprint density at radius 3 is 2.62 bits per heavy atom. The number of carbonyl (C=O) groups is 1. The third-order valence-electron chi connectivity index (χ3n) is 3.77. The fourth-order valence-corrected chi connectivity index (χ4v) is 2.56. The number of halogens is 1. The largest absolute Gasteiger partial charge is 0.437 e. The van der Waals surface area contributed by atoms with E-state index in [0.717, 1.165) is 6.20 Å². The Kier molecular flexibility index (Phi) is 3.89. The van der Waals surface area contributed by atoms with Crippen LogP contribution in [0.4, 0.5) is 4.39 Å². The molecule has 0 atom stereocenters. The monoisotopic (exact) mass is 348 g/mol. The van der Waals surface area contributed by atoms with Crippen LogP contribution in [0, 0.1) is 5.82 Å². The Bertz CT molecular complexity index is 1090. The lowest BCUT2D eigenvalue weighted by molar-refractivity contribution is 0.101. The maximum absolute atomic E-state index is 13.1. The number of ketones is 1. The fraction of sp³-hybridized carbons (Fsp3) is 0.0526. The van der Waals surface area contributed by atoms with Crippen LogP contribution in [0.2, 0.25) is 0 Å². The van der Waals surface area contributed by atoms with Crippen LogP contribution in [0.25, 0.3) is 17.0 Å². The molecular weight excluding hydrogens is 335 g/mol. The van der Waals surface area contributed by atoms with Crippen molar-refractivity contribution in [2.24, 2.45) is 0 Å². The van der Waals surface area contributed by atoms with Gasteiger partial charge in [0.2, 0.25) is 11.7 Å². The first-order valence-corrected chi connectivity index (χ1v) is 7.87. The summed E-state index contributed by atoms with van der Waals surface area (Å²) in [6.07, 6.45) is 2.75. The van der Waals surface area contributed by atoms with Crippen molar-refractivity contribution in [1.29, 1.82) is 0 Å². The zero-order valence-electron chi connectivity index (χ0n) is 13.8. The molecule has 0 saturated carbocycles. The van der Waals surface area contributed by atoms with Crippen LogP contribution in [-0.4, -0.2) is 25.4 Å². The first-order valence-electron chi connectivity index (χ1n) is 7.87. The molecule has 0 fully saturated rings. The van der Waals surface area contributed by atoms with Gasteiger partial charge in [0.1, 0.15) is 22.8 Å². The average Bonchev–Trinajstić information content (AvgIpc) is 3.08. The van der Waals surface area contributed by atoms with Crippen LogP contribution in [0.1, 0.15) is 17.3 Å². The smallest absolute Gasteiger partial charge is 0.248 e. The normalized spacial score (nSPS) is 10.8. The van der Waals surface area contributed by atoms with E-state index < -0.39 is 5.82 Å². The van der Waals surface area contributed by atoms with Crippen molar-refractivity contribution < 1.29 is 13.9 Å². The number of fused-ring (bicyclic) bond motifs is 1. The molecule has 0 aliphatic carbocycles. The first kappa shape index (κ1) is 15.9. The van der Waals surface area contributed by atoms with E-state index in [1.54, 1.807) is 24.4 Å². The highest BCUT2D eigenvalue weighted by atomic mass is 19.1. The van der Waals surface area contributed by atoms with Crippen LogP contribution in [0.5, 0.6) is 11.6 Å². The molecule has 0 N–H and O–H groups in total. The van der Waals surface area contributed by atoms with E-state index in [0.29, 0.717) is 22.5 Å². The molecule has 0 saturated heterocycles. The van der Waals surface area contributed by atoms with Crippen molar-refractivity contribution in [3.63, 3.8) is 0 Å². The van der Waals surface area contributed by atoms with E-state index in [2.05, 4.69) is 15.1 Å². The molecular formula is C19H13FN4O2. The van der Waals surface area contributed by atoms with E-state index in [9.17, 15) is 9.18 Å². The SMILES string of the molecule is CC(=O)c1ccn2nc(-c3ccc(F)cn3)nc(Oc3ccccc3)c12. The van der Waals surface area contributed by atoms with Crippen LogP contribution < -0.4 is 4.74 Å². The molecule has 0 spiro atoms. The molecule has 0 radical (unpaired) electrons. The molecule has 0 aliphatic heterocycles. The second kappa shape index (κ2) is 6.36. The molecule has 0 aliphatic rings. The van der Waals surface area contributed by atoms with Crippen molar-refractivity contribution in [3.8, 4) is 23.1 Å². The number of Topliss-reactive ketones (excluding diaryl/α,β-unsaturated/α-hetero) is 1. The van der Waals surface area contributed by atoms with Gasteiger partial charge in [0.05, 0.1) is 11.8 Å². The molecule has 0 unspecified atom stereocenters. The Labute approximate surface area is 147 Å². The highest BCUT2D eigenvalue weighted by molar-refractivity contribution is 6.02. The summed E-state index contributed by atoms with van der Waals surface area (Å²) < 4.78 is 20.6. The minimum absolute atomic E-state index is 0.123.